The zero-order chi connectivity index (χ0) is 21.0. The van der Waals surface area contributed by atoms with Crippen molar-refractivity contribution in [2.24, 2.45) is 5.92 Å². The van der Waals surface area contributed by atoms with Gasteiger partial charge in [-0.25, -0.2) is 9.97 Å². The molecular formula is C25H31N5O. The molecule has 2 saturated heterocycles. The summed E-state index contributed by atoms with van der Waals surface area (Å²) >= 11 is 0. The lowest BCUT2D eigenvalue weighted by Gasteiger charge is -2.36. The number of piperidine rings is 2. The smallest absolute Gasteiger partial charge is 0.236 e. The molecule has 2 aliphatic heterocycles. The Balaban J connectivity index is 1.08. The van der Waals surface area contributed by atoms with Crippen LogP contribution < -0.4 is 0 Å². The number of benzene rings is 1. The van der Waals surface area contributed by atoms with Gasteiger partial charge in [0.05, 0.1) is 12.9 Å². The fourth-order valence-corrected chi connectivity index (χ4v) is 5.12. The number of hydrogen-bond donors (Lipinski definition) is 0. The minimum Gasteiger partial charge on any atom is -0.342 e. The predicted molar refractivity (Wildman–Crippen MR) is 122 cm³/mol. The van der Waals surface area contributed by atoms with Crippen LogP contribution in [-0.4, -0.2) is 63.0 Å². The Kier molecular flexibility index (Phi) is 5.98. The lowest BCUT2D eigenvalue weighted by molar-refractivity contribution is -0.134. The van der Waals surface area contributed by atoms with Gasteiger partial charge in [-0.15, -0.1) is 0 Å². The van der Waals surface area contributed by atoms with Gasteiger partial charge in [-0.1, -0.05) is 30.3 Å². The zero-order valence-corrected chi connectivity index (χ0v) is 18.1. The molecule has 31 heavy (non-hydrogen) atoms. The van der Waals surface area contributed by atoms with Crippen molar-refractivity contribution in [3.63, 3.8) is 0 Å². The molecule has 1 amide bonds. The number of hydrogen-bond acceptors (Lipinski definition) is 4. The third-order valence-electron chi connectivity index (χ3n) is 6.98. The third-order valence-corrected chi connectivity index (χ3v) is 6.98. The number of carbonyl (C=O) groups is 1. The van der Waals surface area contributed by atoms with Crippen molar-refractivity contribution in [1.82, 2.24) is 24.3 Å². The molecule has 2 aliphatic rings. The van der Waals surface area contributed by atoms with E-state index in [1.807, 2.05) is 24.7 Å². The molecule has 2 fully saturated rings. The van der Waals surface area contributed by atoms with E-state index in [9.17, 15) is 4.79 Å². The molecular weight excluding hydrogens is 386 g/mol. The van der Waals surface area contributed by atoms with E-state index < -0.39 is 0 Å². The first-order chi connectivity index (χ1) is 15.3. The first kappa shape index (κ1) is 20.2. The molecule has 0 N–H and O–H groups in total. The fourth-order valence-electron chi connectivity index (χ4n) is 5.12. The van der Waals surface area contributed by atoms with Gasteiger partial charge in [-0.05, 0) is 55.7 Å². The van der Waals surface area contributed by atoms with Crippen LogP contribution in [0.3, 0.4) is 0 Å². The molecule has 0 saturated carbocycles. The van der Waals surface area contributed by atoms with Crippen LogP contribution in [-0.2, 0) is 11.2 Å². The topological polar surface area (TPSA) is 54.3 Å². The number of fused-ring (bicyclic) bond motifs is 1. The number of likely N-dealkylation sites (tertiary alicyclic amines) is 2. The van der Waals surface area contributed by atoms with Gasteiger partial charge in [-0.3, -0.25) is 9.69 Å². The van der Waals surface area contributed by atoms with E-state index in [-0.39, 0.29) is 0 Å². The summed E-state index contributed by atoms with van der Waals surface area (Å²) in [6.07, 6.45) is 9.18. The Morgan fingerprint density at radius 1 is 0.903 bits per heavy atom. The van der Waals surface area contributed by atoms with Gasteiger partial charge >= 0.3 is 0 Å². The van der Waals surface area contributed by atoms with E-state index in [0.717, 1.165) is 69.4 Å². The van der Waals surface area contributed by atoms with Crippen LogP contribution in [0.15, 0.2) is 55.0 Å². The van der Waals surface area contributed by atoms with E-state index in [0.29, 0.717) is 24.4 Å². The van der Waals surface area contributed by atoms with Gasteiger partial charge in [0.1, 0.15) is 5.52 Å². The van der Waals surface area contributed by atoms with Gasteiger partial charge in [-0.2, -0.15) is 0 Å². The summed E-state index contributed by atoms with van der Waals surface area (Å²) in [6.45, 7) is 4.26. The van der Waals surface area contributed by atoms with Gasteiger partial charge in [0, 0.05) is 38.4 Å². The molecule has 1 aromatic carbocycles. The van der Waals surface area contributed by atoms with Gasteiger partial charge in [0.2, 0.25) is 5.91 Å². The second-order valence-corrected chi connectivity index (χ2v) is 9.02. The Bertz CT molecular complexity index is 1000. The summed E-state index contributed by atoms with van der Waals surface area (Å²) in [5.41, 5.74) is 3.34. The maximum atomic E-state index is 12.9. The van der Waals surface area contributed by atoms with E-state index in [4.69, 9.17) is 0 Å². The maximum absolute atomic E-state index is 12.9. The van der Waals surface area contributed by atoms with E-state index in [1.165, 1.54) is 5.56 Å². The summed E-state index contributed by atoms with van der Waals surface area (Å²) in [4.78, 5) is 26.3. The molecule has 5 rings (SSSR count). The van der Waals surface area contributed by atoms with Gasteiger partial charge in [0.25, 0.3) is 0 Å². The molecule has 0 atom stereocenters. The van der Waals surface area contributed by atoms with Crippen LogP contribution in [0.4, 0.5) is 0 Å². The number of pyridine rings is 1. The normalized spacial score (nSPS) is 19.2. The molecule has 0 aliphatic carbocycles. The molecule has 0 unspecified atom stereocenters. The largest absolute Gasteiger partial charge is 0.342 e. The molecule has 0 spiro atoms. The Morgan fingerprint density at radius 3 is 2.45 bits per heavy atom. The summed E-state index contributed by atoms with van der Waals surface area (Å²) in [6, 6.07) is 15.1. The zero-order valence-electron chi connectivity index (χ0n) is 18.1. The van der Waals surface area contributed by atoms with Gasteiger partial charge < -0.3 is 9.47 Å². The standard InChI is InChI=1S/C25H31N5O/c31-24(29-15-8-21(9-16-29)17-20-5-2-1-3-6-20)18-28-13-10-22(11-14-28)30-19-27-23-7-4-12-26-25(23)30/h1-7,12,19,21-22H,8-11,13-18H2. The number of rotatable bonds is 5. The van der Waals surface area contributed by atoms with Crippen LogP contribution in [0.1, 0.15) is 37.3 Å². The minimum atomic E-state index is 0.298. The number of carbonyl (C=O) groups excluding carboxylic acids is 1. The van der Waals surface area contributed by atoms with Crippen molar-refractivity contribution in [3.05, 3.63) is 60.6 Å². The molecule has 0 radical (unpaired) electrons. The van der Waals surface area contributed by atoms with Gasteiger partial charge in [0.15, 0.2) is 5.65 Å². The van der Waals surface area contributed by atoms with Crippen LogP contribution in [0.25, 0.3) is 11.2 Å². The predicted octanol–water partition coefficient (Wildman–Crippen LogP) is 3.55. The quantitative estimate of drug-likeness (QED) is 0.637. The average Bonchev–Trinajstić information content (AvgIpc) is 3.25. The number of nitrogens with zero attached hydrogens (tertiary/aromatic N) is 5. The highest BCUT2D eigenvalue weighted by atomic mass is 16.2. The average molecular weight is 418 g/mol. The molecule has 4 heterocycles. The van der Waals surface area contributed by atoms with Crippen molar-refractivity contribution in [2.45, 2.75) is 38.1 Å². The highest BCUT2D eigenvalue weighted by molar-refractivity contribution is 5.78. The molecule has 2 aromatic heterocycles. The van der Waals surface area contributed by atoms with Crippen molar-refractivity contribution in [1.29, 1.82) is 0 Å². The van der Waals surface area contributed by atoms with Crippen molar-refractivity contribution < 1.29 is 4.79 Å². The molecule has 162 valence electrons. The van der Waals surface area contributed by atoms with Crippen LogP contribution >= 0.6 is 0 Å². The summed E-state index contributed by atoms with van der Waals surface area (Å²) in [5, 5.41) is 0. The molecule has 6 heteroatoms. The number of amides is 1. The molecule has 0 bridgehead atoms. The van der Waals surface area contributed by atoms with Crippen LogP contribution in [0, 0.1) is 5.92 Å². The highest BCUT2D eigenvalue weighted by Crippen LogP contribution is 2.26. The fraction of sp³-hybridized carbons (Fsp3) is 0.480. The van der Waals surface area contributed by atoms with E-state index in [2.05, 4.69) is 54.7 Å². The second kappa shape index (κ2) is 9.18. The Labute approximate surface area is 183 Å². The van der Waals surface area contributed by atoms with Crippen LogP contribution in [0.5, 0.6) is 0 Å². The summed E-state index contributed by atoms with van der Waals surface area (Å²) < 4.78 is 2.21. The lowest BCUT2D eigenvalue weighted by Crippen LogP contribution is -2.46. The van der Waals surface area contributed by atoms with Crippen molar-refractivity contribution in [3.8, 4) is 0 Å². The summed E-state index contributed by atoms with van der Waals surface area (Å²) in [7, 11) is 0. The Hall–Kier alpha value is -2.73. The molecule has 6 nitrogen and oxygen atoms in total. The van der Waals surface area contributed by atoms with E-state index in [1.54, 1.807) is 0 Å². The monoisotopic (exact) mass is 417 g/mol. The lowest BCUT2D eigenvalue weighted by atomic mass is 9.90. The first-order valence-electron chi connectivity index (χ1n) is 11.6. The van der Waals surface area contributed by atoms with Crippen molar-refractivity contribution in [2.75, 3.05) is 32.7 Å². The summed E-state index contributed by atoms with van der Waals surface area (Å²) in [5.74, 6) is 0.993. The maximum Gasteiger partial charge on any atom is 0.236 e. The van der Waals surface area contributed by atoms with Crippen LogP contribution in [0.2, 0.25) is 0 Å². The highest BCUT2D eigenvalue weighted by Gasteiger charge is 2.27. The second-order valence-electron chi connectivity index (χ2n) is 9.02. The number of imidazole rings is 1. The van der Waals surface area contributed by atoms with E-state index >= 15 is 0 Å². The van der Waals surface area contributed by atoms with Crippen molar-refractivity contribution >= 4 is 17.1 Å². The third kappa shape index (κ3) is 4.64. The minimum absolute atomic E-state index is 0.298. The number of aromatic nitrogens is 3. The molecule has 3 aromatic rings. The first-order valence-corrected chi connectivity index (χ1v) is 11.6. The SMILES string of the molecule is O=C(CN1CCC(n2cnc3cccnc32)CC1)N1CCC(Cc2ccccc2)CC1. The Morgan fingerprint density at radius 2 is 1.68 bits per heavy atom.